The molecule has 1 aromatic heterocycles. The summed E-state index contributed by atoms with van der Waals surface area (Å²) in [6, 6.07) is 10.0. The Morgan fingerprint density at radius 1 is 1.19 bits per heavy atom. The highest BCUT2D eigenvalue weighted by molar-refractivity contribution is 14.0. The van der Waals surface area contributed by atoms with Gasteiger partial charge in [0.25, 0.3) is 0 Å². The maximum Gasteiger partial charge on any atom is 0.191 e. The lowest BCUT2D eigenvalue weighted by atomic mass is 10.1. The molecule has 0 saturated carbocycles. The average molecular weight is 511 g/mol. The summed E-state index contributed by atoms with van der Waals surface area (Å²) in [6.45, 7) is 1.43. The van der Waals surface area contributed by atoms with E-state index in [1.165, 1.54) is 5.56 Å². The number of hydrogen-bond donors (Lipinski definition) is 2. The molecule has 0 aliphatic heterocycles. The van der Waals surface area contributed by atoms with Gasteiger partial charge in [-0.1, -0.05) is 35.3 Å². The third-order valence-electron chi connectivity index (χ3n) is 3.97. The smallest absolute Gasteiger partial charge is 0.191 e. The van der Waals surface area contributed by atoms with Crippen LogP contribution in [-0.4, -0.2) is 31.2 Å². The van der Waals surface area contributed by atoms with Crippen molar-refractivity contribution in [2.45, 2.75) is 19.4 Å². The van der Waals surface area contributed by atoms with Gasteiger partial charge in [-0.3, -0.25) is 4.99 Å². The fourth-order valence-electron chi connectivity index (χ4n) is 2.44. The third-order valence-corrected chi connectivity index (χ3v) is 4.81. The number of aryl methyl sites for hydroxylation is 1. The Hall–Kier alpha value is -1.12. The van der Waals surface area contributed by atoms with E-state index in [1.807, 2.05) is 29.8 Å². The third kappa shape index (κ3) is 6.55. The van der Waals surface area contributed by atoms with Crippen LogP contribution >= 0.6 is 47.2 Å². The van der Waals surface area contributed by atoms with E-state index in [-0.39, 0.29) is 24.0 Å². The van der Waals surface area contributed by atoms with Crippen molar-refractivity contribution in [2.24, 2.45) is 12.0 Å². The molecule has 0 saturated heterocycles. The molecule has 0 spiro atoms. The molecule has 2 aromatic rings. The molecule has 0 radical (unpaired) electrons. The largest absolute Gasteiger partial charge is 0.497 e. The van der Waals surface area contributed by atoms with Crippen LogP contribution in [0.2, 0.25) is 10.2 Å². The molecule has 144 valence electrons. The minimum atomic E-state index is 0. The monoisotopic (exact) mass is 510 g/mol. The molecule has 0 unspecified atom stereocenters. The Labute approximate surface area is 182 Å². The molecule has 0 aliphatic rings. The van der Waals surface area contributed by atoms with Crippen molar-refractivity contribution >= 4 is 53.1 Å². The fourth-order valence-corrected chi connectivity index (χ4v) is 2.86. The summed E-state index contributed by atoms with van der Waals surface area (Å²) in [7, 11) is 5.31. The number of nitrogens with zero attached hydrogens (tertiary/aromatic N) is 2. The zero-order valence-corrected chi connectivity index (χ0v) is 19.0. The van der Waals surface area contributed by atoms with Crippen LogP contribution < -0.4 is 15.4 Å². The maximum atomic E-state index is 6.08. The van der Waals surface area contributed by atoms with E-state index < -0.39 is 0 Å². The highest BCUT2D eigenvalue weighted by atomic mass is 127. The second-order valence-corrected chi connectivity index (χ2v) is 6.40. The summed E-state index contributed by atoms with van der Waals surface area (Å²) in [5.74, 6) is 1.63. The molecule has 0 aliphatic carbocycles. The van der Waals surface area contributed by atoms with Crippen LogP contribution in [-0.2, 0) is 20.0 Å². The molecule has 0 fully saturated rings. The molecule has 0 amide bonds. The van der Waals surface area contributed by atoms with Gasteiger partial charge in [-0.05, 0) is 36.6 Å². The predicted octanol–water partition coefficient (Wildman–Crippen LogP) is 4.26. The van der Waals surface area contributed by atoms with Crippen molar-refractivity contribution in [1.29, 1.82) is 0 Å². The van der Waals surface area contributed by atoms with E-state index in [1.54, 1.807) is 14.2 Å². The van der Waals surface area contributed by atoms with Gasteiger partial charge in [0, 0.05) is 26.3 Å². The molecule has 2 rings (SSSR count). The van der Waals surface area contributed by atoms with E-state index in [0.29, 0.717) is 16.7 Å². The molecule has 26 heavy (non-hydrogen) atoms. The molecule has 1 aromatic carbocycles. The molecule has 8 heteroatoms. The van der Waals surface area contributed by atoms with Crippen molar-refractivity contribution < 1.29 is 4.74 Å². The normalized spacial score (nSPS) is 11.0. The topological polar surface area (TPSA) is 50.6 Å². The van der Waals surface area contributed by atoms with Crippen molar-refractivity contribution in [1.82, 2.24) is 15.2 Å². The first-order chi connectivity index (χ1) is 12.0. The van der Waals surface area contributed by atoms with Crippen LogP contribution in [0.15, 0.2) is 35.3 Å². The Morgan fingerprint density at radius 3 is 2.42 bits per heavy atom. The molecular weight excluding hydrogens is 486 g/mol. The van der Waals surface area contributed by atoms with Gasteiger partial charge >= 0.3 is 0 Å². The number of ether oxygens (including phenoxy) is 1. The summed E-state index contributed by atoms with van der Waals surface area (Å²) in [6.07, 6.45) is 2.01. The first kappa shape index (κ1) is 22.9. The van der Waals surface area contributed by atoms with Crippen LogP contribution in [0, 0.1) is 0 Å². The average Bonchev–Trinajstić information content (AvgIpc) is 2.88. The second-order valence-electron chi connectivity index (χ2n) is 5.64. The second kappa shape index (κ2) is 11.6. The summed E-state index contributed by atoms with van der Waals surface area (Å²) < 4.78 is 7.02. The Balaban J connectivity index is 0.00000338. The van der Waals surface area contributed by atoms with Crippen molar-refractivity contribution in [3.63, 3.8) is 0 Å². The van der Waals surface area contributed by atoms with Crippen LogP contribution in [0.3, 0.4) is 0 Å². The van der Waals surface area contributed by atoms with Crippen LogP contribution in [0.1, 0.15) is 17.7 Å². The Bertz CT molecular complexity index is 717. The van der Waals surface area contributed by atoms with E-state index in [0.717, 1.165) is 36.8 Å². The summed E-state index contributed by atoms with van der Waals surface area (Å²) in [4.78, 5) is 4.23. The number of guanidine groups is 1. The van der Waals surface area contributed by atoms with Gasteiger partial charge in [-0.25, -0.2) is 0 Å². The first-order valence-electron chi connectivity index (χ1n) is 8.12. The predicted molar refractivity (Wildman–Crippen MR) is 120 cm³/mol. The molecule has 2 N–H and O–H groups in total. The molecular formula is C18H25Cl2IN4O. The number of hydrogen-bond acceptors (Lipinski definition) is 2. The molecule has 0 bridgehead atoms. The van der Waals surface area contributed by atoms with Gasteiger partial charge in [0.05, 0.1) is 18.7 Å². The number of nitrogens with one attached hydrogen (secondary N) is 2. The summed E-state index contributed by atoms with van der Waals surface area (Å²) in [5.41, 5.74) is 2.29. The minimum absolute atomic E-state index is 0. The Morgan fingerprint density at radius 2 is 1.88 bits per heavy atom. The van der Waals surface area contributed by atoms with E-state index in [2.05, 4.69) is 27.8 Å². The first-order valence-corrected chi connectivity index (χ1v) is 8.87. The van der Waals surface area contributed by atoms with E-state index >= 15 is 0 Å². The van der Waals surface area contributed by atoms with Gasteiger partial charge in [-0.2, -0.15) is 0 Å². The van der Waals surface area contributed by atoms with E-state index in [9.17, 15) is 0 Å². The van der Waals surface area contributed by atoms with Gasteiger partial charge in [-0.15, -0.1) is 24.0 Å². The standard InChI is InChI=1S/C18H24Cl2N4O.HI/c1-21-18(23-12-14-11-16(19)17(20)24(14)2)22-10-4-5-13-6-8-15(25-3)9-7-13;/h6-9,11H,4-5,10,12H2,1-3H3,(H2,21,22,23);1H. The van der Waals surface area contributed by atoms with Crippen molar-refractivity contribution in [3.05, 3.63) is 51.8 Å². The lowest BCUT2D eigenvalue weighted by Crippen LogP contribution is -2.37. The number of halogens is 3. The lowest BCUT2D eigenvalue weighted by molar-refractivity contribution is 0.414. The van der Waals surface area contributed by atoms with Gasteiger partial charge in [0.15, 0.2) is 5.96 Å². The molecule has 1 heterocycles. The minimum Gasteiger partial charge on any atom is -0.497 e. The molecule has 5 nitrogen and oxygen atoms in total. The molecule has 0 atom stereocenters. The maximum absolute atomic E-state index is 6.08. The summed E-state index contributed by atoms with van der Waals surface area (Å²) in [5, 5.41) is 7.68. The van der Waals surface area contributed by atoms with Crippen molar-refractivity contribution in [3.8, 4) is 5.75 Å². The van der Waals surface area contributed by atoms with Crippen molar-refractivity contribution in [2.75, 3.05) is 20.7 Å². The van der Waals surface area contributed by atoms with Crippen LogP contribution in [0.25, 0.3) is 0 Å². The lowest BCUT2D eigenvalue weighted by Gasteiger charge is -2.12. The Kier molecular flexibility index (Phi) is 10.2. The van der Waals surface area contributed by atoms with Crippen LogP contribution in [0.5, 0.6) is 5.75 Å². The van der Waals surface area contributed by atoms with E-state index in [4.69, 9.17) is 27.9 Å². The fraction of sp³-hybridized carbons (Fsp3) is 0.389. The highest BCUT2D eigenvalue weighted by Gasteiger charge is 2.09. The number of methoxy groups -OCH3 is 1. The van der Waals surface area contributed by atoms with Gasteiger partial charge < -0.3 is 19.9 Å². The van der Waals surface area contributed by atoms with Crippen LogP contribution in [0.4, 0.5) is 0 Å². The number of rotatable bonds is 7. The quantitative estimate of drug-likeness (QED) is 0.253. The number of aliphatic imine (C=N–C) groups is 1. The highest BCUT2D eigenvalue weighted by Crippen LogP contribution is 2.24. The van der Waals surface area contributed by atoms with Gasteiger partial charge in [0.1, 0.15) is 10.9 Å². The summed E-state index contributed by atoms with van der Waals surface area (Å²) >= 11 is 12.1. The van der Waals surface area contributed by atoms with Gasteiger partial charge in [0.2, 0.25) is 0 Å². The SMILES string of the molecule is CN=C(NCCCc1ccc(OC)cc1)NCc1cc(Cl)c(Cl)n1C.I. The number of aromatic nitrogens is 1. The zero-order valence-electron chi connectivity index (χ0n) is 15.2. The zero-order chi connectivity index (χ0) is 18.2. The number of benzene rings is 1.